The third-order valence-electron chi connectivity index (χ3n) is 4.13. The van der Waals surface area contributed by atoms with Crippen molar-refractivity contribution in [3.8, 4) is 5.75 Å². The summed E-state index contributed by atoms with van der Waals surface area (Å²) in [7, 11) is 2.04. The number of halogens is 1. The van der Waals surface area contributed by atoms with Crippen molar-refractivity contribution in [2.75, 3.05) is 0 Å². The van der Waals surface area contributed by atoms with Crippen LogP contribution < -0.4 is 33.3 Å². The Hall–Kier alpha value is -2.25. The molecule has 0 saturated heterocycles. The molecule has 0 aliphatic rings. The smallest absolute Gasteiger partial charge is 0.329 e. The van der Waals surface area contributed by atoms with E-state index in [4.69, 9.17) is 10.3 Å². The number of nitrogens with zero attached hydrogens (tertiary/aromatic N) is 5. The summed E-state index contributed by atoms with van der Waals surface area (Å²) >= 11 is 0. The molecule has 0 bridgehead atoms. The summed E-state index contributed by atoms with van der Waals surface area (Å²) in [6.45, 7) is 4.65. The Labute approximate surface area is 157 Å². The van der Waals surface area contributed by atoms with Crippen LogP contribution in [0.3, 0.4) is 0 Å². The van der Waals surface area contributed by atoms with Crippen LogP contribution in [-0.4, -0.2) is 4.40 Å². The van der Waals surface area contributed by atoms with Crippen LogP contribution in [0.1, 0.15) is 17.0 Å². The lowest BCUT2D eigenvalue weighted by molar-refractivity contribution is -0.651. The predicted octanol–water partition coefficient (Wildman–Crippen LogP) is 0.905. The first-order valence-corrected chi connectivity index (χ1v) is 7.35. The molecule has 1 aromatic carbocycles. The van der Waals surface area contributed by atoms with Gasteiger partial charge in [0, 0.05) is 24.4 Å². The molecule has 24 heavy (non-hydrogen) atoms. The third kappa shape index (κ3) is 3.32. The molecule has 3 rings (SSSR count). The number of fused-ring (bicyclic) bond motifs is 1. The van der Waals surface area contributed by atoms with E-state index in [1.54, 1.807) is 12.1 Å². The number of imidazole rings is 1. The van der Waals surface area contributed by atoms with Crippen molar-refractivity contribution in [2.45, 2.75) is 20.5 Å². The van der Waals surface area contributed by atoms with Gasteiger partial charge in [0.15, 0.2) is 0 Å². The normalized spacial score (nSPS) is 10.1. The highest BCUT2D eigenvalue weighted by atomic mass is 127. The van der Waals surface area contributed by atoms with E-state index in [-0.39, 0.29) is 24.0 Å². The molecule has 0 unspecified atom stereocenters. The highest BCUT2D eigenvalue weighted by Gasteiger charge is 2.20. The Morgan fingerprint density at radius 3 is 2.58 bits per heavy atom. The first-order valence-electron chi connectivity index (χ1n) is 7.35. The lowest BCUT2D eigenvalue weighted by atomic mass is 10.2. The van der Waals surface area contributed by atoms with E-state index < -0.39 is 0 Å². The Morgan fingerprint density at radius 2 is 1.92 bits per heavy atom. The van der Waals surface area contributed by atoms with Gasteiger partial charge in [-0.15, -0.1) is 0 Å². The van der Waals surface area contributed by atoms with Crippen molar-refractivity contribution >= 4 is 11.3 Å². The zero-order chi connectivity index (χ0) is 16.4. The maximum absolute atomic E-state index is 8.42. The van der Waals surface area contributed by atoms with E-state index in [0.717, 1.165) is 17.0 Å². The van der Waals surface area contributed by atoms with Gasteiger partial charge < -0.3 is 28.7 Å². The van der Waals surface area contributed by atoms with E-state index in [0.29, 0.717) is 12.3 Å². The van der Waals surface area contributed by atoms with Crippen LogP contribution in [0.2, 0.25) is 0 Å². The fourth-order valence-corrected chi connectivity index (χ4v) is 2.64. The first kappa shape index (κ1) is 18.1. The van der Waals surface area contributed by atoms with Gasteiger partial charge in [0.2, 0.25) is 5.75 Å². The van der Waals surface area contributed by atoms with Gasteiger partial charge >= 0.3 is 5.65 Å². The summed E-state index contributed by atoms with van der Waals surface area (Å²) in [6.07, 6.45) is 2.04. The minimum atomic E-state index is 0. The molecule has 7 heteroatoms. The number of aromatic nitrogens is 2. The van der Waals surface area contributed by atoms with E-state index in [1.165, 1.54) is 11.4 Å². The van der Waals surface area contributed by atoms with Crippen LogP contribution in [0.15, 0.2) is 47.7 Å². The molecular weight excluding hydrogens is 417 g/mol. The summed E-state index contributed by atoms with van der Waals surface area (Å²) in [5.41, 5.74) is 13.5. The van der Waals surface area contributed by atoms with Gasteiger partial charge in [0.1, 0.15) is 18.0 Å². The van der Waals surface area contributed by atoms with Crippen LogP contribution in [-0.2, 0) is 13.7 Å². The maximum atomic E-state index is 8.42. The lowest BCUT2D eigenvalue weighted by Gasteiger charge is -2.06. The second kappa shape index (κ2) is 7.55. The standard InChI is InChI=1S/C17H18N5O.HI/c1-12-13(2)22-10-4-5-16(17(22)21(12)3)23-11-14-6-8-15(9-7-14)19-20-18;/h4-10H,11H2,1-3H3;1H/q+1;/p-1. The van der Waals surface area contributed by atoms with Gasteiger partial charge in [0.05, 0.1) is 13.2 Å². The average Bonchev–Trinajstić information content (AvgIpc) is 2.80. The van der Waals surface area contributed by atoms with Gasteiger partial charge in [-0.1, -0.05) is 29.4 Å². The van der Waals surface area contributed by atoms with Crippen molar-refractivity contribution in [1.29, 1.82) is 0 Å². The number of rotatable bonds is 4. The van der Waals surface area contributed by atoms with Crippen LogP contribution in [0, 0.1) is 13.8 Å². The molecule has 0 aliphatic carbocycles. The molecule has 0 spiro atoms. The molecule has 6 nitrogen and oxygen atoms in total. The van der Waals surface area contributed by atoms with Crippen molar-refractivity contribution in [2.24, 2.45) is 12.2 Å². The first-order chi connectivity index (χ1) is 11.1. The molecule has 2 heterocycles. The van der Waals surface area contributed by atoms with Crippen LogP contribution >= 0.6 is 0 Å². The summed E-state index contributed by atoms with van der Waals surface area (Å²) in [4.78, 5) is 2.77. The second-order valence-electron chi connectivity index (χ2n) is 5.44. The Bertz CT molecular complexity index is 911. The van der Waals surface area contributed by atoms with Gasteiger partial charge in [-0.05, 0) is 23.2 Å². The fraction of sp³-hybridized carbons (Fsp3) is 0.235. The molecule has 3 aromatic rings. The van der Waals surface area contributed by atoms with Gasteiger partial charge in [-0.2, -0.15) is 4.40 Å². The van der Waals surface area contributed by atoms with Crippen molar-refractivity contribution in [3.63, 3.8) is 0 Å². The van der Waals surface area contributed by atoms with Gasteiger partial charge in [-0.3, -0.25) is 0 Å². The van der Waals surface area contributed by atoms with Gasteiger partial charge in [-0.25, -0.2) is 4.57 Å². The van der Waals surface area contributed by atoms with Crippen LogP contribution in [0.5, 0.6) is 5.75 Å². The molecule has 0 saturated carbocycles. The third-order valence-corrected chi connectivity index (χ3v) is 4.13. The Morgan fingerprint density at radius 1 is 1.21 bits per heavy atom. The van der Waals surface area contributed by atoms with E-state index in [1.807, 2.05) is 37.5 Å². The number of pyridine rings is 1. The number of hydrogen-bond acceptors (Lipinski definition) is 2. The number of benzene rings is 1. The highest BCUT2D eigenvalue weighted by Crippen LogP contribution is 2.21. The maximum Gasteiger partial charge on any atom is 0.329 e. The quantitative estimate of drug-likeness (QED) is 0.198. The topological polar surface area (TPSA) is 66.3 Å². The molecule has 2 aromatic heterocycles. The SMILES string of the molecule is Cc1c(C)[n+](C)c2c(OCc3ccc(N=[N+]=[N-])cc3)cccn12.[I-]. The number of azide groups is 1. The summed E-state index contributed by atoms with van der Waals surface area (Å²) < 4.78 is 10.3. The molecule has 0 radical (unpaired) electrons. The average molecular weight is 435 g/mol. The molecule has 0 fully saturated rings. The summed E-state index contributed by atoms with van der Waals surface area (Å²) in [6, 6.07) is 11.3. The van der Waals surface area contributed by atoms with Crippen LogP contribution in [0.25, 0.3) is 16.1 Å². The van der Waals surface area contributed by atoms with E-state index in [2.05, 4.69) is 32.8 Å². The molecular formula is C17H18IN5O. The number of hydrogen-bond donors (Lipinski definition) is 0. The minimum Gasteiger partial charge on any atom is -1.00 e. The van der Waals surface area contributed by atoms with Crippen molar-refractivity contribution < 1.29 is 33.3 Å². The predicted molar refractivity (Wildman–Crippen MR) is 87.6 cm³/mol. The van der Waals surface area contributed by atoms with Crippen molar-refractivity contribution in [1.82, 2.24) is 4.40 Å². The van der Waals surface area contributed by atoms with Crippen LogP contribution in [0.4, 0.5) is 5.69 Å². The zero-order valence-corrected chi connectivity index (χ0v) is 15.9. The minimum absolute atomic E-state index is 0. The fourth-order valence-electron chi connectivity index (χ4n) is 2.64. The summed E-state index contributed by atoms with van der Waals surface area (Å²) in [5.74, 6) is 0.838. The molecule has 124 valence electrons. The monoisotopic (exact) mass is 435 g/mol. The Balaban J connectivity index is 0.00000208. The number of ether oxygens (including phenoxy) is 1. The van der Waals surface area contributed by atoms with E-state index in [9.17, 15) is 0 Å². The number of aryl methyl sites for hydroxylation is 2. The zero-order valence-electron chi connectivity index (χ0n) is 13.8. The van der Waals surface area contributed by atoms with Crippen molar-refractivity contribution in [3.05, 3.63) is 70.0 Å². The molecule has 0 atom stereocenters. The molecule has 0 N–H and O–H groups in total. The summed E-state index contributed by atoms with van der Waals surface area (Å²) in [5, 5.41) is 3.56. The highest BCUT2D eigenvalue weighted by molar-refractivity contribution is 5.51. The Kier molecular flexibility index (Phi) is 5.69. The van der Waals surface area contributed by atoms with Gasteiger partial charge in [0.25, 0.3) is 0 Å². The molecule has 0 amide bonds. The molecule has 0 aliphatic heterocycles. The van der Waals surface area contributed by atoms with E-state index >= 15 is 0 Å². The second-order valence-corrected chi connectivity index (χ2v) is 5.44. The lowest BCUT2D eigenvalue weighted by Crippen LogP contribution is -3.00. The largest absolute Gasteiger partial charge is 1.00 e.